The highest BCUT2D eigenvalue weighted by Crippen LogP contribution is 2.39. The van der Waals surface area contributed by atoms with E-state index in [-0.39, 0.29) is 30.5 Å². The number of sulfone groups is 1. The molecule has 0 amide bonds. The van der Waals surface area contributed by atoms with Crippen LogP contribution in [0.15, 0.2) is 73.4 Å². The van der Waals surface area contributed by atoms with Crippen molar-refractivity contribution in [1.82, 2.24) is 15.0 Å². The van der Waals surface area contributed by atoms with Crippen molar-refractivity contribution in [2.24, 2.45) is 0 Å². The molecule has 12 heteroatoms. The van der Waals surface area contributed by atoms with Crippen LogP contribution in [-0.2, 0) is 31.5 Å². The maximum atomic E-state index is 13.5. The second kappa shape index (κ2) is 13.7. The summed E-state index contributed by atoms with van der Waals surface area (Å²) in [7, 11) is -3.10. The third kappa shape index (κ3) is 7.78. The number of hydrogen-bond acceptors (Lipinski definition) is 9. The van der Waals surface area contributed by atoms with Gasteiger partial charge in [0.15, 0.2) is 15.4 Å². The van der Waals surface area contributed by atoms with Crippen LogP contribution in [0.4, 0.5) is 15.9 Å². The highest BCUT2D eigenvalue weighted by Gasteiger charge is 2.37. The van der Waals surface area contributed by atoms with Gasteiger partial charge in [-0.2, -0.15) is 0 Å². The molecule has 4 aromatic rings. The van der Waals surface area contributed by atoms with Crippen LogP contribution < -0.4 is 10.1 Å². The maximum absolute atomic E-state index is 13.5. The summed E-state index contributed by atoms with van der Waals surface area (Å²) in [6.07, 6.45) is 8.37. The Balaban J connectivity index is 1.29. The molecule has 0 bridgehead atoms. The molecule has 2 aromatic heterocycles. The van der Waals surface area contributed by atoms with E-state index in [0.717, 1.165) is 5.39 Å². The first kappa shape index (κ1) is 30.7. The molecule has 0 aliphatic carbocycles. The number of aromatic nitrogens is 3. The van der Waals surface area contributed by atoms with Crippen LogP contribution in [0.25, 0.3) is 10.9 Å². The number of pyridine rings is 1. The molecule has 3 heterocycles. The van der Waals surface area contributed by atoms with Crippen molar-refractivity contribution in [1.29, 1.82) is 0 Å². The fourth-order valence-corrected chi connectivity index (χ4v) is 6.22. The number of ether oxygens (including phenoxy) is 3. The van der Waals surface area contributed by atoms with Gasteiger partial charge in [0.2, 0.25) is 0 Å². The summed E-state index contributed by atoms with van der Waals surface area (Å²) >= 11 is 6.50. The summed E-state index contributed by atoms with van der Waals surface area (Å²) in [6, 6.07) is 13.4. The van der Waals surface area contributed by atoms with Gasteiger partial charge in [0.25, 0.3) is 0 Å². The molecule has 226 valence electrons. The van der Waals surface area contributed by atoms with E-state index >= 15 is 0 Å². The molecular formula is C31H32ClFN4O5S. The summed E-state index contributed by atoms with van der Waals surface area (Å²) in [5.74, 6) is 0.850. The lowest BCUT2D eigenvalue weighted by molar-refractivity contribution is -0.000452. The van der Waals surface area contributed by atoms with E-state index in [1.165, 1.54) is 18.5 Å². The smallest absolute Gasteiger partial charge is 0.155 e. The van der Waals surface area contributed by atoms with E-state index in [1.807, 2.05) is 25.1 Å². The standard InChI is InChI=1S/C31H32ClFN4O5S/c1-2-14-43(38,39)15-13-40-12-10-31(9-4-11-42-31)29-18-25-27(19-34-29)35-21-36-30(25)37-24-7-8-28(26(32)17-24)41-20-22-5-3-6-23(33)16-22/h3-8,11,16-19,21H,2,9-10,12-15,20H2,1H3,(H,35,36,37). The van der Waals surface area contributed by atoms with E-state index in [4.69, 9.17) is 25.8 Å². The van der Waals surface area contributed by atoms with Crippen molar-refractivity contribution in [2.45, 2.75) is 38.4 Å². The number of fused-ring (bicyclic) bond motifs is 1. The molecule has 0 saturated carbocycles. The highest BCUT2D eigenvalue weighted by atomic mass is 35.5. The van der Waals surface area contributed by atoms with Gasteiger partial charge in [0, 0.05) is 29.7 Å². The Morgan fingerprint density at radius 1 is 1.09 bits per heavy atom. The quantitative estimate of drug-likeness (QED) is 0.157. The van der Waals surface area contributed by atoms with Crippen LogP contribution in [0.3, 0.4) is 0 Å². The van der Waals surface area contributed by atoms with E-state index < -0.39 is 15.4 Å². The highest BCUT2D eigenvalue weighted by molar-refractivity contribution is 7.91. The number of nitrogens with zero attached hydrogens (tertiary/aromatic N) is 3. The SMILES string of the molecule is CCCS(=O)(=O)CCOCCC1(c2cc3c(Nc4ccc(OCc5cccc(F)c5)c(Cl)c4)ncnc3cn2)CC=CO1. The zero-order valence-corrected chi connectivity index (χ0v) is 25.2. The summed E-state index contributed by atoms with van der Waals surface area (Å²) in [5, 5.41) is 4.42. The third-order valence-electron chi connectivity index (χ3n) is 7.01. The van der Waals surface area contributed by atoms with Gasteiger partial charge in [-0.3, -0.25) is 4.98 Å². The van der Waals surface area contributed by atoms with Gasteiger partial charge in [-0.15, -0.1) is 0 Å². The Morgan fingerprint density at radius 2 is 1.98 bits per heavy atom. The zero-order chi connectivity index (χ0) is 30.3. The Labute approximate surface area is 255 Å². The largest absolute Gasteiger partial charge is 0.488 e. The second-order valence-corrected chi connectivity index (χ2v) is 12.9. The Bertz CT molecular complexity index is 1710. The number of hydrogen-bond donors (Lipinski definition) is 1. The van der Waals surface area contributed by atoms with Crippen molar-refractivity contribution in [3.05, 3.63) is 95.5 Å². The molecule has 2 aromatic carbocycles. The first-order valence-electron chi connectivity index (χ1n) is 13.9. The van der Waals surface area contributed by atoms with Gasteiger partial charge in [0.05, 0.1) is 47.7 Å². The summed E-state index contributed by atoms with van der Waals surface area (Å²) in [5.41, 5.74) is 1.94. The van der Waals surface area contributed by atoms with Crippen LogP contribution in [0.1, 0.15) is 37.4 Å². The molecule has 43 heavy (non-hydrogen) atoms. The minimum absolute atomic E-state index is 0.00231. The van der Waals surface area contributed by atoms with Crippen LogP contribution in [-0.4, -0.2) is 48.1 Å². The molecule has 0 saturated heterocycles. The lowest BCUT2D eigenvalue weighted by atomic mass is 9.91. The average molecular weight is 627 g/mol. The number of nitrogens with one attached hydrogen (secondary N) is 1. The Kier molecular flexibility index (Phi) is 9.74. The molecule has 0 radical (unpaired) electrons. The first-order chi connectivity index (χ1) is 20.8. The van der Waals surface area contributed by atoms with Crippen molar-refractivity contribution >= 4 is 43.8 Å². The van der Waals surface area contributed by atoms with Crippen LogP contribution in [0.5, 0.6) is 5.75 Å². The van der Waals surface area contributed by atoms with Gasteiger partial charge in [-0.25, -0.2) is 22.8 Å². The van der Waals surface area contributed by atoms with Crippen LogP contribution in [0.2, 0.25) is 5.02 Å². The predicted octanol–water partition coefficient (Wildman–Crippen LogP) is 6.50. The topological polar surface area (TPSA) is 113 Å². The van der Waals surface area contributed by atoms with E-state index in [2.05, 4.69) is 20.3 Å². The van der Waals surface area contributed by atoms with Gasteiger partial charge >= 0.3 is 0 Å². The van der Waals surface area contributed by atoms with Crippen molar-refractivity contribution in [3.63, 3.8) is 0 Å². The molecule has 5 rings (SSSR count). The summed E-state index contributed by atoms with van der Waals surface area (Å²) in [4.78, 5) is 13.5. The first-order valence-corrected chi connectivity index (χ1v) is 16.1. The second-order valence-electron chi connectivity index (χ2n) is 10.2. The fourth-order valence-electron chi connectivity index (χ4n) is 4.79. The summed E-state index contributed by atoms with van der Waals surface area (Å²) in [6.45, 7) is 2.47. The number of anilines is 2. The minimum atomic E-state index is -3.10. The average Bonchev–Trinajstić information content (AvgIpc) is 3.46. The Morgan fingerprint density at radius 3 is 2.74 bits per heavy atom. The lowest BCUT2D eigenvalue weighted by Crippen LogP contribution is -2.28. The van der Waals surface area contributed by atoms with Gasteiger partial charge in [0.1, 0.15) is 30.3 Å². The van der Waals surface area contributed by atoms with E-state index in [1.54, 1.807) is 36.7 Å². The minimum Gasteiger partial charge on any atom is -0.488 e. The number of rotatable bonds is 14. The molecule has 1 N–H and O–H groups in total. The fraction of sp³-hybridized carbons (Fsp3) is 0.323. The number of halogens is 2. The molecule has 9 nitrogen and oxygen atoms in total. The van der Waals surface area contributed by atoms with E-state index in [0.29, 0.717) is 64.9 Å². The normalized spacial score (nSPS) is 16.3. The number of benzene rings is 2. The molecule has 0 fully saturated rings. The van der Waals surface area contributed by atoms with Crippen molar-refractivity contribution < 1.29 is 27.0 Å². The van der Waals surface area contributed by atoms with Gasteiger partial charge < -0.3 is 19.5 Å². The monoisotopic (exact) mass is 626 g/mol. The van der Waals surface area contributed by atoms with Gasteiger partial charge in [-0.05, 0) is 54.5 Å². The predicted molar refractivity (Wildman–Crippen MR) is 164 cm³/mol. The maximum Gasteiger partial charge on any atom is 0.155 e. The molecule has 1 unspecified atom stereocenters. The lowest BCUT2D eigenvalue weighted by Gasteiger charge is -2.28. The molecule has 0 spiro atoms. The van der Waals surface area contributed by atoms with E-state index in [9.17, 15) is 12.8 Å². The van der Waals surface area contributed by atoms with Crippen LogP contribution >= 0.6 is 11.6 Å². The molecule has 1 aliphatic rings. The van der Waals surface area contributed by atoms with Crippen LogP contribution in [0, 0.1) is 5.82 Å². The van der Waals surface area contributed by atoms with Gasteiger partial charge in [-0.1, -0.05) is 30.7 Å². The molecule has 1 atom stereocenters. The molecular weight excluding hydrogens is 595 g/mol. The molecule has 1 aliphatic heterocycles. The Hall–Kier alpha value is -3.80. The summed E-state index contributed by atoms with van der Waals surface area (Å²) < 4.78 is 55.0. The third-order valence-corrected chi connectivity index (χ3v) is 9.12. The van der Waals surface area contributed by atoms with Crippen molar-refractivity contribution in [3.8, 4) is 5.75 Å². The van der Waals surface area contributed by atoms with Crippen molar-refractivity contribution in [2.75, 3.05) is 30.0 Å². The zero-order valence-electron chi connectivity index (χ0n) is 23.6.